The predicted molar refractivity (Wildman–Crippen MR) is 117 cm³/mol. The van der Waals surface area contributed by atoms with Crippen molar-refractivity contribution in [1.29, 1.82) is 0 Å². The van der Waals surface area contributed by atoms with Crippen molar-refractivity contribution in [3.05, 3.63) is 71.8 Å². The molecule has 3 aromatic rings. The average Bonchev–Trinajstić information content (AvgIpc) is 3.43. The van der Waals surface area contributed by atoms with Gasteiger partial charge in [0.05, 0.1) is 6.54 Å². The molecule has 1 N–H and O–H groups in total. The van der Waals surface area contributed by atoms with Crippen molar-refractivity contribution in [2.45, 2.75) is 37.2 Å². The van der Waals surface area contributed by atoms with Gasteiger partial charge in [-0.25, -0.2) is 8.42 Å². The highest BCUT2D eigenvalue weighted by atomic mass is 32.2. The third-order valence-corrected chi connectivity index (χ3v) is 7.41. The Bertz CT molecular complexity index is 1130. The fourth-order valence-corrected chi connectivity index (χ4v) is 5.36. The SMILES string of the molecule is Cn1cc(S(=O)(=O)N2CCCCC2)cc1C(=O)NCc1ccc(Cn2cccn2)cc1. The van der Waals surface area contributed by atoms with E-state index in [0.717, 1.165) is 30.4 Å². The van der Waals surface area contributed by atoms with Gasteiger partial charge in [0, 0.05) is 45.3 Å². The van der Waals surface area contributed by atoms with Crippen molar-refractivity contribution in [1.82, 2.24) is 24.0 Å². The summed E-state index contributed by atoms with van der Waals surface area (Å²) in [6.07, 6.45) is 7.98. The van der Waals surface area contributed by atoms with E-state index in [-0.39, 0.29) is 10.8 Å². The van der Waals surface area contributed by atoms with Gasteiger partial charge in [0.1, 0.15) is 10.6 Å². The zero-order valence-corrected chi connectivity index (χ0v) is 18.4. The van der Waals surface area contributed by atoms with E-state index < -0.39 is 10.0 Å². The molecule has 1 fully saturated rings. The molecule has 1 amide bonds. The van der Waals surface area contributed by atoms with E-state index in [0.29, 0.717) is 31.9 Å². The summed E-state index contributed by atoms with van der Waals surface area (Å²) in [4.78, 5) is 12.9. The second kappa shape index (κ2) is 9.07. The molecule has 1 aromatic carbocycles. The van der Waals surface area contributed by atoms with Crippen molar-refractivity contribution in [3.8, 4) is 0 Å². The Labute approximate surface area is 182 Å². The van der Waals surface area contributed by atoms with Crippen LogP contribution in [-0.2, 0) is 30.2 Å². The molecule has 0 radical (unpaired) electrons. The summed E-state index contributed by atoms with van der Waals surface area (Å²) in [7, 11) is -1.88. The molecule has 3 heterocycles. The van der Waals surface area contributed by atoms with E-state index in [1.807, 2.05) is 41.2 Å². The fourth-order valence-electron chi connectivity index (χ4n) is 3.77. The Morgan fingerprint density at radius 2 is 1.81 bits per heavy atom. The number of hydrogen-bond acceptors (Lipinski definition) is 4. The molecule has 8 nitrogen and oxygen atoms in total. The minimum atomic E-state index is -3.57. The summed E-state index contributed by atoms with van der Waals surface area (Å²) in [5.74, 6) is -0.303. The van der Waals surface area contributed by atoms with E-state index in [1.165, 1.54) is 16.6 Å². The van der Waals surface area contributed by atoms with Gasteiger partial charge >= 0.3 is 0 Å². The lowest BCUT2D eigenvalue weighted by Gasteiger charge is -2.25. The topological polar surface area (TPSA) is 89.2 Å². The number of sulfonamides is 1. The largest absolute Gasteiger partial charge is 0.347 e. The van der Waals surface area contributed by atoms with Crippen LogP contribution in [0.25, 0.3) is 0 Å². The van der Waals surface area contributed by atoms with E-state index >= 15 is 0 Å². The molecule has 0 atom stereocenters. The zero-order chi connectivity index (χ0) is 21.8. The molecule has 0 unspecified atom stereocenters. The lowest BCUT2D eigenvalue weighted by Crippen LogP contribution is -2.35. The van der Waals surface area contributed by atoms with Crippen molar-refractivity contribution < 1.29 is 13.2 Å². The van der Waals surface area contributed by atoms with Gasteiger partial charge < -0.3 is 9.88 Å². The number of amides is 1. The van der Waals surface area contributed by atoms with Crippen molar-refractivity contribution in [2.24, 2.45) is 7.05 Å². The molecule has 164 valence electrons. The Kier molecular flexibility index (Phi) is 6.24. The standard InChI is InChI=1S/C22H27N5O3S/c1-25-17-20(31(29,30)27-12-3-2-4-13-27)14-21(25)22(28)23-15-18-6-8-19(9-7-18)16-26-11-5-10-24-26/h5-11,14,17H,2-4,12-13,15-16H2,1H3,(H,23,28). The molecule has 0 spiro atoms. The third kappa shape index (κ3) is 4.88. The Balaban J connectivity index is 1.38. The number of nitrogens with one attached hydrogen (secondary N) is 1. The second-order valence-corrected chi connectivity index (χ2v) is 9.78. The summed E-state index contributed by atoms with van der Waals surface area (Å²) in [5, 5.41) is 7.08. The molecule has 1 saturated heterocycles. The van der Waals surface area contributed by atoms with Gasteiger partial charge in [-0.1, -0.05) is 30.7 Å². The lowest BCUT2D eigenvalue weighted by atomic mass is 10.1. The van der Waals surface area contributed by atoms with Gasteiger partial charge in [-0.15, -0.1) is 0 Å². The van der Waals surface area contributed by atoms with Crippen LogP contribution < -0.4 is 5.32 Å². The summed E-state index contributed by atoms with van der Waals surface area (Å²) in [6.45, 7) is 2.13. The first-order chi connectivity index (χ1) is 14.9. The van der Waals surface area contributed by atoms with E-state index in [9.17, 15) is 13.2 Å². The summed E-state index contributed by atoms with van der Waals surface area (Å²) in [6, 6.07) is 11.3. The molecule has 2 aromatic heterocycles. The average molecular weight is 442 g/mol. The maximum Gasteiger partial charge on any atom is 0.268 e. The minimum Gasteiger partial charge on any atom is -0.347 e. The molecular weight excluding hydrogens is 414 g/mol. The summed E-state index contributed by atoms with van der Waals surface area (Å²) >= 11 is 0. The first kappa shape index (κ1) is 21.3. The van der Waals surface area contributed by atoms with Crippen molar-refractivity contribution in [2.75, 3.05) is 13.1 Å². The minimum absolute atomic E-state index is 0.171. The molecular formula is C22H27N5O3S. The van der Waals surface area contributed by atoms with Gasteiger partial charge in [0.25, 0.3) is 5.91 Å². The van der Waals surface area contributed by atoms with Crippen LogP contribution in [0.5, 0.6) is 0 Å². The van der Waals surface area contributed by atoms with Crippen LogP contribution in [0, 0.1) is 0 Å². The van der Waals surface area contributed by atoms with Crippen LogP contribution in [0.4, 0.5) is 0 Å². The van der Waals surface area contributed by atoms with Crippen LogP contribution in [-0.4, -0.2) is 46.1 Å². The van der Waals surface area contributed by atoms with Gasteiger partial charge in [0.15, 0.2) is 0 Å². The normalized spacial score (nSPS) is 15.1. The van der Waals surface area contributed by atoms with Gasteiger partial charge in [-0.05, 0) is 36.1 Å². The molecule has 0 aliphatic carbocycles. The number of rotatable bonds is 7. The lowest BCUT2D eigenvalue weighted by molar-refractivity contribution is 0.0942. The van der Waals surface area contributed by atoms with Crippen LogP contribution in [0.2, 0.25) is 0 Å². The molecule has 31 heavy (non-hydrogen) atoms. The highest BCUT2D eigenvalue weighted by Crippen LogP contribution is 2.22. The van der Waals surface area contributed by atoms with Crippen LogP contribution in [0.15, 0.2) is 59.9 Å². The monoisotopic (exact) mass is 441 g/mol. The number of nitrogens with zero attached hydrogens (tertiary/aromatic N) is 4. The number of aromatic nitrogens is 3. The highest BCUT2D eigenvalue weighted by Gasteiger charge is 2.28. The van der Waals surface area contributed by atoms with Crippen molar-refractivity contribution in [3.63, 3.8) is 0 Å². The van der Waals surface area contributed by atoms with E-state index in [4.69, 9.17) is 0 Å². The second-order valence-electron chi connectivity index (χ2n) is 7.84. The quantitative estimate of drug-likeness (QED) is 0.610. The maximum atomic E-state index is 12.9. The number of piperidine rings is 1. The van der Waals surface area contributed by atoms with Crippen LogP contribution in [0.1, 0.15) is 40.9 Å². The van der Waals surface area contributed by atoms with Crippen LogP contribution >= 0.6 is 0 Å². The fraction of sp³-hybridized carbons (Fsp3) is 0.364. The smallest absolute Gasteiger partial charge is 0.268 e. The summed E-state index contributed by atoms with van der Waals surface area (Å²) < 4.78 is 30.7. The highest BCUT2D eigenvalue weighted by molar-refractivity contribution is 7.89. The Morgan fingerprint density at radius 3 is 2.48 bits per heavy atom. The Morgan fingerprint density at radius 1 is 1.10 bits per heavy atom. The van der Waals surface area contributed by atoms with Gasteiger partial charge in [0.2, 0.25) is 10.0 Å². The molecule has 0 bridgehead atoms. The molecule has 9 heteroatoms. The first-order valence-corrected chi connectivity index (χ1v) is 11.9. The molecule has 1 aliphatic rings. The first-order valence-electron chi connectivity index (χ1n) is 10.4. The molecule has 0 saturated carbocycles. The molecule has 4 rings (SSSR count). The number of aryl methyl sites for hydroxylation is 1. The third-order valence-electron chi connectivity index (χ3n) is 5.55. The number of carbonyl (C=O) groups is 1. The summed E-state index contributed by atoms with van der Waals surface area (Å²) in [5.41, 5.74) is 2.41. The van der Waals surface area contributed by atoms with Gasteiger partial charge in [-0.3, -0.25) is 9.48 Å². The maximum absolute atomic E-state index is 12.9. The predicted octanol–water partition coefficient (Wildman–Crippen LogP) is 2.37. The van der Waals surface area contributed by atoms with E-state index in [2.05, 4.69) is 10.4 Å². The van der Waals surface area contributed by atoms with Gasteiger partial charge in [-0.2, -0.15) is 9.40 Å². The molecule has 1 aliphatic heterocycles. The Hall–Kier alpha value is -2.91. The van der Waals surface area contributed by atoms with Crippen LogP contribution in [0.3, 0.4) is 0 Å². The number of benzene rings is 1. The number of hydrogen-bond donors (Lipinski definition) is 1. The number of carbonyl (C=O) groups excluding carboxylic acids is 1. The zero-order valence-electron chi connectivity index (χ0n) is 17.6. The van der Waals surface area contributed by atoms with E-state index in [1.54, 1.807) is 17.8 Å². The van der Waals surface area contributed by atoms with Crippen molar-refractivity contribution >= 4 is 15.9 Å².